The SMILES string of the molecule is CCC(=O)C(CCCCNC(=O)CCCC[C@@H]1SCC2NC(=O)NC21)NC(=O)COCCOCCNC(=O)CNC(=O)C(CO)NC(O)CNC(=O)C(CO)NC(=O)CNC(=O)C(CCCCNC(=O)C(CCC(=O)O)NC(=O)CCN1C(=O)C=CC1=O)NC(=O)C(CCC(O)O)NC(=O)CCN1C(=O)C=CC1=O. The first-order chi connectivity index (χ1) is 52.0. The normalized spacial score (nSPS) is 17.5. The highest BCUT2D eigenvalue weighted by molar-refractivity contribution is 8.00. The van der Waals surface area contributed by atoms with Crippen molar-refractivity contribution in [1.82, 2.24) is 84.2 Å². The number of carboxylic acid groups (broad SMARTS) is 1. The van der Waals surface area contributed by atoms with Crippen LogP contribution in [0.3, 0.4) is 0 Å². The van der Waals surface area contributed by atoms with Gasteiger partial charge in [0.2, 0.25) is 65.0 Å². The minimum atomic E-state index is -1.98. The lowest BCUT2D eigenvalue weighted by molar-refractivity contribution is -0.139. The summed E-state index contributed by atoms with van der Waals surface area (Å²) >= 11 is 1.83. The molecule has 2 saturated heterocycles. The summed E-state index contributed by atoms with van der Waals surface area (Å²) in [5, 5.41) is 94.1. The number of imide groups is 2. The highest BCUT2D eigenvalue weighted by Gasteiger charge is 2.43. The number of carbonyl (C=O) groups excluding carboxylic acids is 17. The van der Waals surface area contributed by atoms with Gasteiger partial charge in [-0.05, 0) is 64.2 Å². The first-order valence-corrected chi connectivity index (χ1v) is 36.9. The largest absolute Gasteiger partial charge is 0.481 e. The number of fused-ring (bicyclic) bond motifs is 1. The molecule has 42 nitrogen and oxygen atoms in total. The summed E-state index contributed by atoms with van der Waals surface area (Å²) in [6, 6.07) is -8.43. The molecule has 0 saturated carbocycles. The van der Waals surface area contributed by atoms with Crippen molar-refractivity contribution in [2.75, 3.05) is 97.8 Å². The number of hydrogen-bond acceptors (Lipinski definition) is 27. The fourth-order valence-corrected chi connectivity index (χ4v) is 12.7. The third-order valence-electron chi connectivity index (χ3n) is 17.1. The molecule has 0 aromatic heterocycles. The highest BCUT2D eigenvalue weighted by atomic mass is 32.2. The molecule has 43 heteroatoms. The van der Waals surface area contributed by atoms with Crippen molar-refractivity contribution in [3.8, 4) is 0 Å². The van der Waals surface area contributed by atoms with Gasteiger partial charge in [-0.3, -0.25) is 96.6 Å². The Morgan fingerprint density at radius 2 is 1.02 bits per heavy atom. The number of urea groups is 1. The van der Waals surface area contributed by atoms with Gasteiger partial charge in [-0.1, -0.05) is 13.3 Å². The molecule has 109 heavy (non-hydrogen) atoms. The Morgan fingerprint density at radius 3 is 1.61 bits per heavy atom. The number of hydrogen-bond donors (Lipinski definition) is 20. The molecule has 0 spiro atoms. The molecule has 4 aliphatic heterocycles. The van der Waals surface area contributed by atoms with Gasteiger partial charge in [0, 0.05) is 107 Å². The van der Waals surface area contributed by atoms with Crippen LogP contribution in [0.25, 0.3) is 0 Å². The van der Waals surface area contributed by atoms with Crippen LogP contribution in [-0.2, 0) is 91.0 Å². The number of amides is 17. The van der Waals surface area contributed by atoms with Crippen molar-refractivity contribution >= 4 is 118 Å². The maximum absolute atomic E-state index is 13.8. The average Bonchev–Trinajstić information content (AvgIpc) is 1.66. The van der Waals surface area contributed by atoms with Crippen LogP contribution in [0.4, 0.5) is 4.79 Å². The number of aliphatic hydroxyl groups is 5. The number of ketones is 1. The monoisotopic (exact) mass is 1570 g/mol. The summed E-state index contributed by atoms with van der Waals surface area (Å²) in [5.74, 6) is -12.3. The fraction of sp³-hybridized carbons (Fsp3) is 0.667. The van der Waals surface area contributed by atoms with E-state index in [2.05, 4.69) is 74.4 Å². The number of nitrogens with one attached hydrogen (secondary N) is 14. The molecule has 9 unspecified atom stereocenters. The maximum Gasteiger partial charge on any atom is 0.315 e. The quantitative estimate of drug-likeness (QED) is 0.0116. The van der Waals surface area contributed by atoms with E-state index in [0.29, 0.717) is 37.5 Å². The van der Waals surface area contributed by atoms with E-state index in [1.165, 1.54) is 0 Å². The molecule has 0 aromatic carbocycles. The van der Waals surface area contributed by atoms with Gasteiger partial charge in [-0.15, -0.1) is 0 Å². The zero-order chi connectivity index (χ0) is 80.4. The van der Waals surface area contributed by atoms with Gasteiger partial charge < -0.3 is 109 Å². The van der Waals surface area contributed by atoms with Crippen LogP contribution < -0.4 is 74.4 Å². The summed E-state index contributed by atoms with van der Waals surface area (Å²) in [6.07, 6.45) is 1.80. The van der Waals surface area contributed by atoms with Crippen molar-refractivity contribution in [1.29, 1.82) is 0 Å². The van der Waals surface area contributed by atoms with Gasteiger partial charge >= 0.3 is 12.0 Å². The summed E-state index contributed by atoms with van der Waals surface area (Å²) in [7, 11) is 0. The Hall–Kier alpha value is -9.63. The topological polar surface area (TPSA) is 622 Å². The summed E-state index contributed by atoms with van der Waals surface area (Å²) < 4.78 is 10.8. The lowest BCUT2D eigenvalue weighted by Crippen LogP contribution is -2.57. The Balaban J connectivity index is 1.15. The molecule has 0 aromatic rings. The molecule has 4 rings (SSSR count). The Morgan fingerprint density at radius 1 is 0.495 bits per heavy atom. The van der Waals surface area contributed by atoms with Gasteiger partial charge in [0.25, 0.3) is 23.6 Å². The molecular formula is C66H102N16O26S. The summed E-state index contributed by atoms with van der Waals surface area (Å²) in [6.45, 7) is -3.35. The van der Waals surface area contributed by atoms with Crippen LogP contribution in [0.1, 0.15) is 116 Å². The van der Waals surface area contributed by atoms with Crippen molar-refractivity contribution in [2.45, 2.75) is 182 Å². The minimum absolute atomic E-state index is 0.00471. The molecule has 4 heterocycles. The number of thioether (sulfide) groups is 1. The molecule has 2 fully saturated rings. The molecule has 4 aliphatic rings. The van der Waals surface area contributed by atoms with Crippen molar-refractivity contribution in [3.63, 3.8) is 0 Å². The van der Waals surface area contributed by atoms with Crippen molar-refractivity contribution < 1.29 is 126 Å². The standard InChI is InChI=1S/C66H102N16O26S/c1-2-45(85)38(9-5-7-23-67-47(86)12-4-3-11-46-60-44(37-109-46)79-66(106)80-60)73-53(92)36-108-30-29-107-28-25-68-50(89)31-70-63(103)42(34-83)76-52(91)33-72-64(104)43(35-84)77-51(90)32-71-62(102)39(78-65(105)41(14-20-59(99)100)75-49(88)22-27-82-56(95)17-18-57(82)96)10-6-8-24-69-61(101)40(13-19-58(97)98)74-48(87)21-26-81-54(93)15-16-55(81)94/h15-18,38-44,46,52,59-60,76,83-84,91,99-100H,2-14,19-37H2,1H3,(H,67,86)(H,68,89)(H,69,101)(H,70,103)(H,71,102)(H,72,104)(H,73,92)(H,74,87)(H,75,88)(H,77,90)(H,78,105)(H,97,98)(H2,79,80,106)/t38?,39?,40?,41?,42?,43?,44?,46-,52?,60?/m0/s1. The van der Waals surface area contributed by atoms with E-state index < -0.39 is 209 Å². The number of carboxylic acids is 1. The molecule has 0 aliphatic carbocycles. The number of unbranched alkanes of at least 4 members (excludes halogenated alkanes) is 3. The van der Waals surface area contributed by atoms with Gasteiger partial charge in [-0.2, -0.15) is 11.8 Å². The number of Topliss-reactive ketones (excluding diaryl/α,β-unsaturated/α-hetero) is 1. The predicted molar refractivity (Wildman–Crippen MR) is 379 cm³/mol. The molecule has 0 bridgehead atoms. The summed E-state index contributed by atoms with van der Waals surface area (Å²) in [4.78, 5) is 228. The minimum Gasteiger partial charge on any atom is -0.481 e. The molecular weight excluding hydrogens is 1460 g/mol. The molecule has 608 valence electrons. The van der Waals surface area contributed by atoms with E-state index in [0.717, 1.165) is 59.1 Å². The van der Waals surface area contributed by atoms with Crippen LogP contribution in [0.15, 0.2) is 24.3 Å². The smallest absolute Gasteiger partial charge is 0.315 e. The Labute approximate surface area is 630 Å². The first kappa shape index (κ1) is 91.8. The number of aliphatic carboxylic acids is 1. The van der Waals surface area contributed by atoms with Crippen LogP contribution in [0, 0.1) is 0 Å². The first-order valence-electron chi connectivity index (χ1n) is 35.8. The van der Waals surface area contributed by atoms with E-state index in [-0.39, 0.29) is 108 Å². The second-order valence-electron chi connectivity index (χ2n) is 25.5. The van der Waals surface area contributed by atoms with Gasteiger partial charge in [0.1, 0.15) is 43.0 Å². The maximum atomic E-state index is 13.8. The second-order valence-corrected chi connectivity index (χ2v) is 26.7. The zero-order valence-electron chi connectivity index (χ0n) is 60.4. The second kappa shape index (κ2) is 50.2. The van der Waals surface area contributed by atoms with E-state index in [9.17, 15) is 117 Å². The third kappa shape index (κ3) is 35.5. The van der Waals surface area contributed by atoms with Crippen molar-refractivity contribution in [3.05, 3.63) is 24.3 Å². The van der Waals surface area contributed by atoms with Crippen LogP contribution in [0.5, 0.6) is 0 Å². The fourth-order valence-electron chi connectivity index (χ4n) is 11.1. The highest BCUT2D eigenvalue weighted by Crippen LogP contribution is 2.33. The molecule has 0 radical (unpaired) electrons. The lowest BCUT2D eigenvalue weighted by atomic mass is 10.0. The van der Waals surface area contributed by atoms with Gasteiger partial charge in [0.05, 0.1) is 70.8 Å². The summed E-state index contributed by atoms with van der Waals surface area (Å²) in [5.41, 5.74) is 0. The lowest BCUT2D eigenvalue weighted by Gasteiger charge is -2.24. The van der Waals surface area contributed by atoms with Crippen LogP contribution in [-0.4, -0.2) is 311 Å². The Kier molecular flexibility index (Phi) is 42.2. The number of ether oxygens (including phenoxy) is 2. The van der Waals surface area contributed by atoms with Crippen molar-refractivity contribution in [2.24, 2.45) is 0 Å². The number of rotatable bonds is 57. The van der Waals surface area contributed by atoms with Gasteiger partial charge in [0.15, 0.2) is 12.1 Å². The van der Waals surface area contributed by atoms with Gasteiger partial charge in [-0.25, -0.2) is 4.79 Å². The molecule has 17 amide bonds. The Bertz CT molecular complexity index is 3200. The number of carbonyl (C=O) groups is 18. The van der Waals surface area contributed by atoms with E-state index >= 15 is 0 Å². The zero-order valence-corrected chi connectivity index (χ0v) is 61.3. The number of nitrogens with zero attached hydrogens (tertiary/aromatic N) is 2. The van der Waals surface area contributed by atoms with E-state index in [4.69, 9.17) is 9.47 Å². The average molecular weight is 1570 g/mol. The molecule has 10 atom stereocenters. The predicted octanol–water partition coefficient (Wildman–Crippen LogP) is -8.97. The third-order valence-corrected chi connectivity index (χ3v) is 18.6. The molecule has 20 N–H and O–H groups in total. The number of aliphatic hydroxyl groups excluding tert-OH is 4. The van der Waals surface area contributed by atoms with E-state index in [1.54, 1.807) is 6.92 Å². The van der Waals surface area contributed by atoms with Crippen LogP contribution >= 0.6 is 11.8 Å². The van der Waals surface area contributed by atoms with E-state index in [1.807, 2.05) is 11.8 Å². The van der Waals surface area contributed by atoms with Crippen LogP contribution in [0.2, 0.25) is 0 Å².